The van der Waals surface area contributed by atoms with Gasteiger partial charge in [0.2, 0.25) is 5.89 Å². The van der Waals surface area contributed by atoms with Crippen molar-refractivity contribution in [2.45, 2.75) is 11.8 Å². The van der Waals surface area contributed by atoms with Crippen molar-refractivity contribution in [2.24, 2.45) is 0 Å². The van der Waals surface area contributed by atoms with Crippen molar-refractivity contribution in [3.8, 4) is 22.7 Å². The van der Waals surface area contributed by atoms with Gasteiger partial charge < -0.3 is 4.42 Å². The average molecular weight is 331 g/mol. The van der Waals surface area contributed by atoms with Crippen LogP contribution in [0.4, 0.5) is 4.39 Å². The molecule has 3 rings (SSSR count). The molecule has 0 saturated carbocycles. The molecule has 0 bridgehead atoms. The maximum absolute atomic E-state index is 14.0. The van der Waals surface area contributed by atoms with E-state index < -0.39 is 9.84 Å². The summed E-state index contributed by atoms with van der Waals surface area (Å²) in [6, 6.07) is 11.0. The lowest BCUT2D eigenvalue weighted by Gasteiger charge is -2.02. The predicted octanol–water partition coefficient (Wildman–Crippen LogP) is 3.86. The first kappa shape index (κ1) is 15.4. The maximum atomic E-state index is 14.0. The predicted molar refractivity (Wildman–Crippen MR) is 85.2 cm³/mol. The Balaban J connectivity index is 2.00. The molecule has 2 aromatic carbocycles. The molecular formula is C17H14FNO3S. The first-order valence-electron chi connectivity index (χ1n) is 6.88. The Bertz CT molecular complexity index is 940. The monoisotopic (exact) mass is 331 g/mol. The molecule has 0 unspecified atom stereocenters. The van der Waals surface area contributed by atoms with Gasteiger partial charge in [-0.05, 0) is 42.8 Å². The largest absolute Gasteiger partial charge is 0.444 e. The number of oxazole rings is 1. The van der Waals surface area contributed by atoms with Crippen LogP contribution in [0.25, 0.3) is 22.7 Å². The second kappa shape index (κ2) is 5.62. The third-order valence-corrected chi connectivity index (χ3v) is 4.64. The Kier molecular flexibility index (Phi) is 3.77. The summed E-state index contributed by atoms with van der Waals surface area (Å²) in [5.74, 6) is -0.0556. The van der Waals surface area contributed by atoms with Crippen molar-refractivity contribution < 1.29 is 17.2 Å². The first-order valence-corrected chi connectivity index (χ1v) is 8.77. The lowest BCUT2D eigenvalue weighted by atomic mass is 10.1. The molecule has 4 nitrogen and oxygen atoms in total. The van der Waals surface area contributed by atoms with Gasteiger partial charge in [-0.3, -0.25) is 0 Å². The van der Waals surface area contributed by atoms with Crippen molar-refractivity contribution in [3.05, 3.63) is 60.1 Å². The smallest absolute Gasteiger partial charge is 0.226 e. The van der Waals surface area contributed by atoms with Crippen LogP contribution in [0.1, 0.15) is 5.56 Å². The normalized spacial score (nSPS) is 11.6. The molecule has 118 valence electrons. The second-order valence-electron chi connectivity index (χ2n) is 5.27. The van der Waals surface area contributed by atoms with Crippen LogP contribution in [0.15, 0.2) is 58.0 Å². The van der Waals surface area contributed by atoms with Crippen LogP contribution in [-0.2, 0) is 9.84 Å². The third-order valence-electron chi connectivity index (χ3n) is 3.51. The van der Waals surface area contributed by atoms with Gasteiger partial charge in [-0.1, -0.05) is 12.1 Å². The minimum Gasteiger partial charge on any atom is -0.444 e. The van der Waals surface area contributed by atoms with Gasteiger partial charge in [-0.15, -0.1) is 0 Å². The van der Waals surface area contributed by atoms with Crippen molar-refractivity contribution in [3.63, 3.8) is 0 Å². The van der Waals surface area contributed by atoms with E-state index in [1.807, 2.05) is 0 Å². The number of nitrogens with zero attached hydrogens (tertiary/aromatic N) is 1. The molecule has 0 atom stereocenters. The number of aromatic nitrogens is 1. The highest BCUT2D eigenvalue weighted by Gasteiger charge is 2.15. The third kappa shape index (κ3) is 3.03. The highest BCUT2D eigenvalue weighted by molar-refractivity contribution is 7.90. The van der Waals surface area contributed by atoms with E-state index in [-0.39, 0.29) is 10.7 Å². The van der Waals surface area contributed by atoms with E-state index in [1.165, 1.54) is 24.5 Å². The van der Waals surface area contributed by atoms with Crippen LogP contribution in [0.5, 0.6) is 0 Å². The molecule has 0 aliphatic heterocycles. The fourth-order valence-electron chi connectivity index (χ4n) is 2.32. The molecule has 0 spiro atoms. The molecule has 0 radical (unpaired) electrons. The minimum absolute atomic E-state index is 0.220. The van der Waals surface area contributed by atoms with Crippen LogP contribution in [-0.4, -0.2) is 19.7 Å². The zero-order chi connectivity index (χ0) is 16.6. The van der Waals surface area contributed by atoms with Crippen LogP contribution in [0.3, 0.4) is 0 Å². The Morgan fingerprint density at radius 1 is 1.09 bits per heavy atom. The first-order chi connectivity index (χ1) is 10.9. The lowest BCUT2D eigenvalue weighted by molar-refractivity contribution is 0.574. The fourth-order valence-corrected chi connectivity index (χ4v) is 2.95. The number of hydrogen-bond donors (Lipinski definition) is 0. The van der Waals surface area contributed by atoms with Gasteiger partial charge >= 0.3 is 0 Å². The summed E-state index contributed by atoms with van der Waals surface area (Å²) < 4.78 is 42.3. The molecule has 0 N–H and O–H groups in total. The molecule has 0 aliphatic rings. The van der Waals surface area contributed by atoms with E-state index in [1.54, 1.807) is 31.2 Å². The molecule has 6 heteroatoms. The molecule has 0 amide bonds. The van der Waals surface area contributed by atoms with Crippen LogP contribution >= 0.6 is 0 Å². The SMILES string of the molecule is Cc1cccc(F)c1-c1coc(-c2ccc(S(C)(=O)=O)cc2)n1. The summed E-state index contributed by atoms with van der Waals surface area (Å²) in [6.45, 7) is 1.80. The second-order valence-corrected chi connectivity index (χ2v) is 7.28. The van der Waals surface area contributed by atoms with Crippen molar-refractivity contribution in [2.75, 3.05) is 6.26 Å². The topological polar surface area (TPSA) is 60.2 Å². The molecule has 0 fully saturated rings. The standard InChI is InChI=1S/C17H14FNO3S/c1-11-4-3-5-14(18)16(11)15-10-22-17(19-15)12-6-8-13(9-7-12)23(2,20)21/h3-10H,1-2H3. The van der Waals surface area contributed by atoms with Crippen LogP contribution in [0, 0.1) is 12.7 Å². The van der Waals surface area contributed by atoms with Gasteiger partial charge in [0.05, 0.1) is 4.90 Å². The number of benzene rings is 2. The van der Waals surface area contributed by atoms with Crippen molar-refractivity contribution in [1.29, 1.82) is 0 Å². The van der Waals surface area contributed by atoms with Gasteiger partial charge in [0.25, 0.3) is 0 Å². The maximum Gasteiger partial charge on any atom is 0.226 e. The van der Waals surface area contributed by atoms with Crippen LogP contribution < -0.4 is 0 Å². The molecule has 1 heterocycles. The van der Waals surface area contributed by atoms with E-state index in [0.29, 0.717) is 22.7 Å². The fraction of sp³-hybridized carbons (Fsp3) is 0.118. The Morgan fingerprint density at radius 2 is 1.78 bits per heavy atom. The van der Waals surface area contributed by atoms with Gasteiger partial charge in [-0.2, -0.15) is 0 Å². The Morgan fingerprint density at radius 3 is 2.39 bits per heavy atom. The van der Waals surface area contributed by atoms with E-state index in [9.17, 15) is 12.8 Å². The zero-order valence-electron chi connectivity index (χ0n) is 12.6. The summed E-state index contributed by atoms with van der Waals surface area (Å²) in [5, 5.41) is 0. The molecule has 23 heavy (non-hydrogen) atoms. The van der Waals surface area contributed by atoms with E-state index >= 15 is 0 Å². The van der Waals surface area contributed by atoms with Gasteiger partial charge in [0, 0.05) is 17.4 Å². The molecule has 3 aromatic rings. The average Bonchev–Trinajstić information content (AvgIpc) is 2.96. The van der Waals surface area contributed by atoms with Gasteiger partial charge in [0.1, 0.15) is 17.8 Å². The molecule has 1 aromatic heterocycles. The summed E-state index contributed by atoms with van der Waals surface area (Å²) in [4.78, 5) is 4.53. The Labute approximate surface area is 133 Å². The zero-order valence-corrected chi connectivity index (χ0v) is 13.4. The lowest BCUT2D eigenvalue weighted by Crippen LogP contribution is -1.96. The molecule has 0 aliphatic carbocycles. The number of aryl methyl sites for hydroxylation is 1. The van der Waals surface area contributed by atoms with E-state index in [2.05, 4.69) is 4.98 Å². The number of hydrogen-bond acceptors (Lipinski definition) is 4. The molecular weight excluding hydrogens is 317 g/mol. The van der Waals surface area contributed by atoms with E-state index in [0.717, 1.165) is 11.8 Å². The van der Waals surface area contributed by atoms with E-state index in [4.69, 9.17) is 4.42 Å². The highest BCUT2D eigenvalue weighted by Crippen LogP contribution is 2.29. The number of sulfone groups is 1. The summed E-state index contributed by atoms with van der Waals surface area (Å²) in [7, 11) is -3.25. The highest BCUT2D eigenvalue weighted by atomic mass is 32.2. The Hall–Kier alpha value is -2.47. The van der Waals surface area contributed by atoms with Crippen molar-refractivity contribution in [1.82, 2.24) is 4.98 Å². The summed E-state index contributed by atoms with van der Waals surface area (Å²) in [5.41, 5.74) is 2.19. The summed E-state index contributed by atoms with van der Waals surface area (Å²) >= 11 is 0. The van der Waals surface area contributed by atoms with Gasteiger partial charge in [-0.25, -0.2) is 17.8 Å². The number of rotatable bonds is 3. The van der Waals surface area contributed by atoms with Gasteiger partial charge in [0.15, 0.2) is 9.84 Å². The quantitative estimate of drug-likeness (QED) is 0.731. The van der Waals surface area contributed by atoms with Crippen LogP contribution in [0.2, 0.25) is 0 Å². The number of halogens is 1. The molecule has 0 saturated heterocycles. The van der Waals surface area contributed by atoms with Crippen molar-refractivity contribution >= 4 is 9.84 Å². The summed E-state index contributed by atoms with van der Waals surface area (Å²) in [6.07, 6.45) is 2.54. The minimum atomic E-state index is -3.25.